The number of aromatic carboxylic acids is 1. The van der Waals surface area contributed by atoms with E-state index in [1.165, 1.54) is 43.4 Å². The molecule has 2 aliphatic rings. The van der Waals surface area contributed by atoms with E-state index in [2.05, 4.69) is 31.7 Å². The van der Waals surface area contributed by atoms with Crippen molar-refractivity contribution >= 4 is 58.4 Å². The lowest BCUT2D eigenvalue weighted by atomic mass is 10.0. The van der Waals surface area contributed by atoms with Crippen LogP contribution in [0.4, 0.5) is 24.5 Å². The summed E-state index contributed by atoms with van der Waals surface area (Å²) >= 11 is 0. The zero-order chi connectivity index (χ0) is 39.6. The summed E-state index contributed by atoms with van der Waals surface area (Å²) in [5.74, 6) is -2.73. The fraction of sp³-hybridized carbons (Fsp3) is 0.243. The molecule has 6 rings (SSSR count). The Kier molecular flexibility index (Phi) is 13.3. The number of methoxy groups -OCH3 is 1. The van der Waals surface area contributed by atoms with Gasteiger partial charge in [0.05, 0.1) is 37.4 Å². The van der Waals surface area contributed by atoms with E-state index >= 15 is 0 Å². The number of rotatable bonds is 7. The maximum Gasteiger partial charge on any atom is 0.337 e. The number of hydrogen-bond donors (Lipinski definition) is 7. The first-order valence-corrected chi connectivity index (χ1v) is 15.7. The summed E-state index contributed by atoms with van der Waals surface area (Å²) in [6.07, 6.45) is 3.20. The number of aryl methyl sites for hydroxylation is 2. The molecule has 0 spiro atoms. The van der Waals surface area contributed by atoms with Crippen LogP contribution < -0.4 is 21.7 Å². The van der Waals surface area contributed by atoms with Crippen LogP contribution >= 0.6 is 0 Å². The van der Waals surface area contributed by atoms with Crippen LogP contribution in [-0.2, 0) is 14.3 Å². The predicted octanol–water partition coefficient (Wildman–Crippen LogP) is 5.76. The molecule has 8 N–H and O–H groups in total. The second-order valence-electron chi connectivity index (χ2n) is 11.3. The van der Waals surface area contributed by atoms with Crippen molar-refractivity contribution in [3.63, 3.8) is 0 Å². The molecule has 0 unspecified atom stereocenters. The summed E-state index contributed by atoms with van der Waals surface area (Å²) in [6.45, 7) is 7.75. The van der Waals surface area contributed by atoms with Crippen LogP contribution in [0.1, 0.15) is 67.1 Å². The first-order valence-electron chi connectivity index (χ1n) is 16.4. The number of H-pyrrole nitrogens is 2. The van der Waals surface area contributed by atoms with Gasteiger partial charge in [-0.05, 0) is 94.4 Å². The van der Waals surface area contributed by atoms with Crippen molar-refractivity contribution < 1.29 is 43.6 Å². The average Bonchev–Trinajstić information content (AvgIpc) is 3.78. The van der Waals surface area contributed by atoms with Gasteiger partial charge in [-0.1, -0.05) is 0 Å². The smallest absolute Gasteiger partial charge is 0.337 e. The lowest BCUT2D eigenvalue weighted by Gasteiger charge is -2.05. The van der Waals surface area contributed by atoms with Gasteiger partial charge in [-0.3, -0.25) is 18.8 Å². The van der Waals surface area contributed by atoms with Crippen LogP contribution in [0.5, 0.6) is 0 Å². The van der Waals surface area contributed by atoms with Crippen LogP contribution in [0.3, 0.4) is 0 Å². The minimum atomic E-state index is -1.03. The van der Waals surface area contributed by atoms with E-state index < -0.39 is 24.8 Å². The van der Waals surface area contributed by atoms with Crippen LogP contribution in [0.15, 0.2) is 36.4 Å². The molecule has 15 heteroatoms. The van der Waals surface area contributed by atoms with E-state index in [4.69, 9.17) is 6.11 Å². The molecule has 0 bridgehead atoms. The minimum absolute atomic E-state index is 0.185. The number of ether oxygens (including phenoxy) is 1. The molecule has 0 fully saturated rings. The second-order valence-corrected chi connectivity index (χ2v) is 11.3. The summed E-state index contributed by atoms with van der Waals surface area (Å²) in [5, 5.41) is 17.4. The van der Waals surface area contributed by atoms with Gasteiger partial charge in [-0.2, -0.15) is 0 Å². The van der Waals surface area contributed by atoms with Crippen molar-refractivity contribution in [1.29, 1.82) is 0 Å². The van der Waals surface area contributed by atoms with Gasteiger partial charge in [0.15, 0.2) is 0 Å². The number of halogens is 3. The molecule has 0 saturated carbocycles. The second kappa shape index (κ2) is 17.8. The monoisotopic (exact) mass is 723 g/mol. The number of fused-ring (bicyclic) bond motifs is 2. The third kappa shape index (κ3) is 8.68. The van der Waals surface area contributed by atoms with Crippen molar-refractivity contribution in [2.24, 2.45) is 5.73 Å². The van der Waals surface area contributed by atoms with Crippen LogP contribution in [0.2, 0.25) is 0 Å². The van der Waals surface area contributed by atoms with E-state index in [1.54, 1.807) is 47.0 Å². The molecule has 2 aliphatic heterocycles. The molecule has 3 amide bonds. The molecular formula is C37H41F3N6O6. The molecule has 4 heterocycles. The molecule has 12 nitrogen and oxygen atoms in total. The maximum atomic E-state index is 13.6. The van der Waals surface area contributed by atoms with Gasteiger partial charge >= 0.3 is 5.97 Å². The SMILES string of the molecule is CN.COCCNC(=O)c1c(C)[nH]c(/C=C2\C(=O)Nc3ccc(F)cc32)c1C.Cc1[nH]c(/C=C2\C(=O)Nc3ccc(F)cc32)c(C)c1C(=O)O.[2H]CF. The molecule has 2 aromatic heterocycles. The molecular weight excluding hydrogens is 681 g/mol. The highest BCUT2D eigenvalue weighted by Crippen LogP contribution is 2.35. The summed E-state index contributed by atoms with van der Waals surface area (Å²) in [4.78, 5) is 54.0. The topological polar surface area (TPSA) is 191 Å². The number of alkyl halides is 1. The number of nitrogens with one attached hydrogen (secondary N) is 5. The number of benzene rings is 2. The standard InChI is InChI=1S/C19H20FN3O3.C16H13FN2O3.CH3F.CH5N/c1-10-16(22-11(2)17(10)19(25)21-6-7-26-3)9-14-13-8-12(20)4-5-15(13)23-18(14)24;1-7-13(18-8(2)14(7)16(21)22)6-11-10-5-9(17)3-4-12(10)19-15(11)20;2*1-2/h4-5,8-9,22H,6-7H2,1-3H3,(H,21,25)(H,23,24);3-6,18H,1-2H3,(H,19,20)(H,21,22);1H3;2H2,1H3/b14-9-;11-6-;;/i;;1D;. The first-order chi connectivity index (χ1) is 25.2. The Morgan fingerprint density at radius 2 is 1.27 bits per heavy atom. The minimum Gasteiger partial charge on any atom is -0.478 e. The normalized spacial score (nSPS) is 14.1. The fourth-order valence-corrected chi connectivity index (χ4v) is 5.75. The summed E-state index contributed by atoms with van der Waals surface area (Å²) in [6, 6.07) is 8.21. The number of amides is 3. The van der Waals surface area contributed by atoms with E-state index in [0.29, 0.717) is 80.7 Å². The fourth-order valence-electron chi connectivity index (χ4n) is 5.75. The number of carbonyl (C=O) groups excluding carboxylic acids is 3. The van der Waals surface area contributed by atoms with E-state index in [1.807, 2.05) is 0 Å². The number of aromatic amines is 2. The van der Waals surface area contributed by atoms with Gasteiger partial charge in [0, 0.05) is 58.9 Å². The summed E-state index contributed by atoms with van der Waals surface area (Å²) < 4.78 is 47.4. The van der Waals surface area contributed by atoms with Gasteiger partial charge in [0.2, 0.25) is 0 Å². The quantitative estimate of drug-likeness (QED) is 0.0931. The Bertz CT molecular complexity index is 2090. The Hall–Kier alpha value is -5.93. The molecule has 2 aromatic carbocycles. The molecule has 276 valence electrons. The molecule has 0 aliphatic carbocycles. The Morgan fingerprint density at radius 1 is 0.846 bits per heavy atom. The van der Waals surface area contributed by atoms with Crippen LogP contribution in [0, 0.1) is 39.3 Å². The van der Waals surface area contributed by atoms with Crippen molar-refractivity contribution in [3.8, 4) is 0 Å². The van der Waals surface area contributed by atoms with Crippen molar-refractivity contribution in [1.82, 2.24) is 15.3 Å². The van der Waals surface area contributed by atoms with Crippen molar-refractivity contribution in [2.75, 3.05) is 45.1 Å². The van der Waals surface area contributed by atoms with Crippen molar-refractivity contribution in [3.05, 3.63) is 104 Å². The number of carboxylic acids is 1. The zero-order valence-electron chi connectivity index (χ0n) is 30.4. The van der Waals surface area contributed by atoms with E-state index in [0.717, 1.165) is 5.56 Å². The number of anilines is 2. The summed E-state index contributed by atoms with van der Waals surface area (Å²) in [7, 11) is 2.07. The Morgan fingerprint density at radius 3 is 1.67 bits per heavy atom. The molecule has 4 aromatic rings. The van der Waals surface area contributed by atoms with Gasteiger partial charge < -0.3 is 41.5 Å². The number of carbonyl (C=O) groups is 4. The number of aromatic nitrogens is 2. The summed E-state index contributed by atoms with van der Waals surface area (Å²) in [5.41, 5.74) is 11.6. The molecule has 0 radical (unpaired) electrons. The predicted molar refractivity (Wildman–Crippen MR) is 195 cm³/mol. The lowest BCUT2D eigenvalue weighted by molar-refractivity contribution is -0.111. The third-order valence-electron chi connectivity index (χ3n) is 8.09. The molecule has 0 atom stereocenters. The lowest BCUT2D eigenvalue weighted by Crippen LogP contribution is -2.27. The highest BCUT2D eigenvalue weighted by molar-refractivity contribution is 6.35. The van der Waals surface area contributed by atoms with Gasteiger partial charge in [-0.15, -0.1) is 0 Å². The molecule has 52 heavy (non-hydrogen) atoms. The highest BCUT2D eigenvalue weighted by atomic mass is 19.1. The number of nitrogens with two attached hydrogens (primary N) is 1. The zero-order valence-corrected chi connectivity index (χ0v) is 29.4. The van der Waals surface area contributed by atoms with Crippen LogP contribution in [-0.4, -0.2) is 73.2 Å². The van der Waals surface area contributed by atoms with Crippen molar-refractivity contribution in [2.45, 2.75) is 27.7 Å². The highest BCUT2D eigenvalue weighted by Gasteiger charge is 2.27. The van der Waals surface area contributed by atoms with Gasteiger partial charge in [0.25, 0.3) is 17.7 Å². The molecule has 0 saturated heterocycles. The van der Waals surface area contributed by atoms with Gasteiger partial charge in [-0.25, -0.2) is 13.6 Å². The third-order valence-corrected chi connectivity index (χ3v) is 8.09. The number of carboxylic acid groups (broad SMARTS) is 1. The number of hydrogen-bond acceptors (Lipinski definition) is 6. The van der Waals surface area contributed by atoms with Gasteiger partial charge in [0.1, 0.15) is 11.6 Å². The van der Waals surface area contributed by atoms with Crippen LogP contribution in [0.25, 0.3) is 23.3 Å². The Balaban J connectivity index is 0.000000257. The largest absolute Gasteiger partial charge is 0.478 e. The first kappa shape index (κ1) is 38.9. The maximum absolute atomic E-state index is 13.6. The van der Waals surface area contributed by atoms with E-state index in [9.17, 15) is 37.5 Å². The van der Waals surface area contributed by atoms with E-state index in [-0.39, 0.29) is 23.3 Å². The Labute approximate surface area is 299 Å². The average molecular weight is 724 g/mol.